The molecule has 1 N–H and O–H groups in total. The second-order valence-electron chi connectivity index (χ2n) is 6.13. The van der Waals surface area contributed by atoms with Crippen LogP contribution < -0.4 is 5.32 Å². The third-order valence-electron chi connectivity index (χ3n) is 4.43. The predicted octanol–water partition coefficient (Wildman–Crippen LogP) is 4.90. The number of aromatic nitrogens is 1. The van der Waals surface area contributed by atoms with E-state index in [-0.39, 0.29) is 17.8 Å². The zero-order valence-electron chi connectivity index (χ0n) is 13.9. The maximum absolute atomic E-state index is 12.8. The van der Waals surface area contributed by atoms with Crippen LogP contribution in [-0.2, 0) is 12.7 Å². The van der Waals surface area contributed by atoms with Gasteiger partial charge >= 0.3 is 12.2 Å². The van der Waals surface area contributed by atoms with Crippen LogP contribution in [0.5, 0.6) is 0 Å². The van der Waals surface area contributed by atoms with Crippen molar-refractivity contribution in [3.63, 3.8) is 0 Å². The molecular weight excluding hydrogens is 331 g/mol. The molecule has 25 heavy (non-hydrogen) atoms. The topological polar surface area (TPSA) is 37.3 Å². The molecule has 2 aromatic rings. The van der Waals surface area contributed by atoms with E-state index >= 15 is 0 Å². The number of carbonyl (C=O) groups excluding carboxylic acids is 1. The van der Waals surface area contributed by atoms with Crippen LogP contribution in [0.15, 0.2) is 42.6 Å². The van der Waals surface area contributed by atoms with Gasteiger partial charge in [-0.05, 0) is 36.8 Å². The Morgan fingerprint density at radius 1 is 1.24 bits per heavy atom. The van der Waals surface area contributed by atoms with Crippen LogP contribution in [0.2, 0.25) is 0 Å². The molecule has 134 valence electrons. The van der Waals surface area contributed by atoms with Gasteiger partial charge in [0, 0.05) is 30.7 Å². The van der Waals surface area contributed by atoms with Gasteiger partial charge in [0.05, 0.1) is 11.6 Å². The Hall–Kier alpha value is -2.44. The number of hydrogen-bond acceptors (Lipinski definition) is 1. The minimum atomic E-state index is -4.43. The second kappa shape index (κ2) is 6.82. The number of fused-ring (bicyclic) bond motifs is 1. The number of alkyl halides is 3. The summed E-state index contributed by atoms with van der Waals surface area (Å²) in [6, 6.07) is 8.21. The van der Waals surface area contributed by atoms with E-state index in [0.29, 0.717) is 13.1 Å². The quantitative estimate of drug-likeness (QED) is 0.839. The molecule has 4 nitrogen and oxygen atoms in total. The van der Waals surface area contributed by atoms with E-state index in [1.807, 2.05) is 25.3 Å². The number of nitrogens with one attached hydrogen (secondary N) is 1. The molecule has 1 aliphatic rings. The third-order valence-corrected chi connectivity index (χ3v) is 4.43. The van der Waals surface area contributed by atoms with Gasteiger partial charge in [-0.2, -0.15) is 13.2 Å². The highest BCUT2D eigenvalue weighted by Crippen LogP contribution is 2.32. The van der Waals surface area contributed by atoms with Gasteiger partial charge in [0.25, 0.3) is 0 Å². The zero-order chi connectivity index (χ0) is 18.0. The molecule has 0 saturated heterocycles. The fourth-order valence-electron chi connectivity index (χ4n) is 3.25. The maximum Gasteiger partial charge on any atom is 0.416 e. The van der Waals surface area contributed by atoms with Gasteiger partial charge in [-0.25, -0.2) is 4.79 Å². The maximum atomic E-state index is 12.8. The van der Waals surface area contributed by atoms with Crippen LogP contribution in [0.25, 0.3) is 0 Å². The molecule has 0 radical (unpaired) electrons. The Morgan fingerprint density at radius 2 is 2.04 bits per heavy atom. The molecule has 1 aromatic carbocycles. The van der Waals surface area contributed by atoms with Crippen LogP contribution in [0.3, 0.4) is 0 Å². The van der Waals surface area contributed by atoms with Crippen molar-refractivity contribution in [1.82, 2.24) is 9.47 Å². The van der Waals surface area contributed by atoms with Crippen molar-refractivity contribution in [3.8, 4) is 0 Å². The van der Waals surface area contributed by atoms with Crippen LogP contribution in [0.1, 0.15) is 37.1 Å². The van der Waals surface area contributed by atoms with Crippen LogP contribution >= 0.6 is 0 Å². The number of urea groups is 1. The number of anilines is 1. The summed E-state index contributed by atoms with van der Waals surface area (Å²) in [5, 5.41) is 2.61. The summed E-state index contributed by atoms with van der Waals surface area (Å²) in [6.07, 6.45) is -0.735. The van der Waals surface area contributed by atoms with Crippen molar-refractivity contribution in [3.05, 3.63) is 53.9 Å². The minimum absolute atomic E-state index is 0.0699. The third kappa shape index (κ3) is 3.65. The van der Waals surface area contributed by atoms with Crippen LogP contribution in [-0.4, -0.2) is 22.0 Å². The van der Waals surface area contributed by atoms with Gasteiger partial charge in [-0.3, -0.25) is 0 Å². The normalized spacial score (nSPS) is 17.3. The number of carbonyl (C=O) groups is 1. The molecule has 2 heterocycles. The first-order valence-corrected chi connectivity index (χ1v) is 8.30. The van der Waals surface area contributed by atoms with Crippen molar-refractivity contribution in [2.24, 2.45) is 0 Å². The molecule has 0 fully saturated rings. The van der Waals surface area contributed by atoms with Gasteiger partial charge in [0.2, 0.25) is 0 Å². The molecule has 1 atom stereocenters. The standard InChI is InChI=1S/C18H20F3N3O/c1-2-5-16-15-8-4-9-23(15)10-11-24(16)17(25)22-14-7-3-6-13(12-14)18(19,20)21/h3-4,6-9,12,16H,2,5,10-11H2,1H3,(H,22,25)/t16-/m1/s1. The van der Waals surface area contributed by atoms with Crippen LogP contribution in [0, 0.1) is 0 Å². The molecule has 1 aromatic heterocycles. The highest BCUT2D eigenvalue weighted by atomic mass is 19.4. The summed E-state index contributed by atoms with van der Waals surface area (Å²) in [4.78, 5) is 14.4. The molecule has 2 amide bonds. The number of benzene rings is 1. The first-order chi connectivity index (χ1) is 11.9. The Bertz CT molecular complexity index is 754. The van der Waals surface area contributed by atoms with E-state index in [1.165, 1.54) is 12.1 Å². The highest BCUT2D eigenvalue weighted by molar-refractivity contribution is 5.89. The first-order valence-electron chi connectivity index (χ1n) is 8.30. The molecule has 0 saturated carbocycles. The second-order valence-corrected chi connectivity index (χ2v) is 6.13. The molecule has 0 aliphatic carbocycles. The van der Waals surface area contributed by atoms with E-state index < -0.39 is 11.7 Å². The van der Waals surface area contributed by atoms with Crippen molar-refractivity contribution in [2.75, 3.05) is 11.9 Å². The van der Waals surface area contributed by atoms with Gasteiger partial charge < -0.3 is 14.8 Å². The Kier molecular flexibility index (Phi) is 4.74. The van der Waals surface area contributed by atoms with Gasteiger partial charge in [0.15, 0.2) is 0 Å². The molecule has 0 unspecified atom stereocenters. The van der Waals surface area contributed by atoms with E-state index in [9.17, 15) is 18.0 Å². The highest BCUT2D eigenvalue weighted by Gasteiger charge is 2.32. The van der Waals surface area contributed by atoms with E-state index in [4.69, 9.17) is 0 Å². The Balaban J connectivity index is 1.79. The van der Waals surface area contributed by atoms with Crippen molar-refractivity contribution >= 4 is 11.7 Å². The van der Waals surface area contributed by atoms with Crippen molar-refractivity contribution in [1.29, 1.82) is 0 Å². The number of rotatable bonds is 3. The summed E-state index contributed by atoms with van der Waals surface area (Å²) in [5.74, 6) is 0. The fraction of sp³-hybridized carbons (Fsp3) is 0.389. The predicted molar refractivity (Wildman–Crippen MR) is 89.2 cm³/mol. The Morgan fingerprint density at radius 3 is 2.76 bits per heavy atom. The van der Waals surface area contributed by atoms with Crippen molar-refractivity contribution < 1.29 is 18.0 Å². The molecule has 7 heteroatoms. The average molecular weight is 351 g/mol. The van der Waals surface area contributed by atoms with Gasteiger partial charge in [0.1, 0.15) is 0 Å². The number of hydrogen-bond donors (Lipinski definition) is 1. The minimum Gasteiger partial charge on any atom is -0.348 e. The monoisotopic (exact) mass is 351 g/mol. The molecule has 1 aliphatic heterocycles. The smallest absolute Gasteiger partial charge is 0.348 e. The van der Waals surface area contributed by atoms with Gasteiger partial charge in [-0.15, -0.1) is 0 Å². The summed E-state index contributed by atoms with van der Waals surface area (Å²) in [5.41, 5.74) is 0.436. The number of amides is 2. The van der Waals surface area contributed by atoms with E-state index in [0.717, 1.165) is 30.7 Å². The lowest BCUT2D eigenvalue weighted by atomic mass is 10.0. The zero-order valence-corrected chi connectivity index (χ0v) is 13.9. The first kappa shape index (κ1) is 17.4. The summed E-state index contributed by atoms with van der Waals surface area (Å²) < 4.78 is 40.6. The van der Waals surface area contributed by atoms with E-state index in [1.54, 1.807) is 4.90 Å². The van der Waals surface area contributed by atoms with Gasteiger partial charge in [-0.1, -0.05) is 19.4 Å². The molecule has 0 bridgehead atoms. The number of halogens is 3. The molecule has 3 rings (SSSR count). The number of nitrogens with zero attached hydrogens (tertiary/aromatic N) is 2. The van der Waals surface area contributed by atoms with Crippen molar-refractivity contribution in [2.45, 2.75) is 38.5 Å². The SMILES string of the molecule is CCC[C@@H]1c2cccn2CCN1C(=O)Nc1cccc(C(F)(F)F)c1. The average Bonchev–Trinajstić information content (AvgIpc) is 3.04. The summed E-state index contributed by atoms with van der Waals surface area (Å²) in [7, 11) is 0. The lowest BCUT2D eigenvalue weighted by Crippen LogP contribution is -2.44. The lowest BCUT2D eigenvalue weighted by molar-refractivity contribution is -0.137. The lowest BCUT2D eigenvalue weighted by Gasteiger charge is -2.37. The Labute approximate surface area is 144 Å². The van der Waals surface area contributed by atoms with E-state index in [2.05, 4.69) is 9.88 Å². The molecule has 0 spiro atoms. The van der Waals surface area contributed by atoms with Crippen LogP contribution in [0.4, 0.5) is 23.7 Å². The summed E-state index contributed by atoms with van der Waals surface area (Å²) in [6.45, 7) is 3.25. The summed E-state index contributed by atoms with van der Waals surface area (Å²) >= 11 is 0. The molecular formula is C18H20F3N3O. The largest absolute Gasteiger partial charge is 0.416 e. The fourth-order valence-corrected chi connectivity index (χ4v) is 3.25.